The van der Waals surface area contributed by atoms with Crippen LogP contribution in [-0.4, -0.2) is 64.7 Å². The van der Waals surface area contributed by atoms with Gasteiger partial charge in [0.25, 0.3) is 0 Å². The van der Waals surface area contributed by atoms with Gasteiger partial charge < -0.3 is 25.4 Å². The first-order chi connectivity index (χ1) is 16.9. The fourth-order valence-corrected chi connectivity index (χ4v) is 6.34. The van der Waals surface area contributed by atoms with Crippen molar-refractivity contribution >= 4 is 17.7 Å². The number of likely N-dealkylation sites (tertiary alicyclic amines) is 1. The predicted molar refractivity (Wildman–Crippen MR) is 131 cm³/mol. The molecule has 0 saturated carbocycles. The molecule has 8 nitrogen and oxygen atoms in total. The van der Waals surface area contributed by atoms with Gasteiger partial charge in [0, 0.05) is 26.2 Å². The fourth-order valence-electron chi connectivity index (χ4n) is 6.34. The number of amides is 3. The van der Waals surface area contributed by atoms with Crippen LogP contribution >= 0.6 is 0 Å². The molecular formula is C27H39N3O5. The largest absolute Gasteiger partial charge is 0.396 e. The molecule has 3 saturated heterocycles. The molecule has 3 amide bonds. The smallest absolute Gasteiger partial charge is 0.245 e. The topological polar surface area (TPSA) is 108 Å². The quantitative estimate of drug-likeness (QED) is 0.393. The van der Waals surface area contributed by atoms with Gasteiger partial charge in [0.15, 0.2) is 0 Å². The Hall–Kier alpha value is -2.45. The number of nitrogens with one attached hydrogen (secondary N) is 2. The Morgan fingerprint density at radius 1 is 1.09 bits per heavy atom. The number of unbranched alkanes of at least 4 members (excludes halogenated alkanes) is 3. The van der Waals surface area contributed by atoms with Crippen LogP contribution in [0, 0.1) is 11.8 Å². The molecule has 3 aliphatic heterocycles. The van der Waals surface area contributed by atoms with Crippen molar-refractivity contribution in [2.24, 2.45) is 11.8 Å². The number of carbonyl (C=O) groups excluding carboxylic acids is 3. The van der Waals surface area contributed by atoms with Gasteiger partial charge in [0.1, 0.15) is 11.6 Å². The molecule has 3 N–H and O–H groups in total. The third kappa shape index (κ3) is 4.70. The van der Waals surface area contributed by atoms with Crippen molar-refractivity contribution < 1.29 is 24.2 Å². The van der Waals surface area contributed by atoms with Gasteiger partial charge in [-0.15, -0.1) is 0 Å². The Labute approximate surface area is 207 Å². The van der Waals surface area contributed by atoms with Crippen molar-refractivity contribution in [3.05, 3.63) is 35.9 Å². The summed E-state index contributed by atoms with van der Waals surface area (Å²) in [4.78, 5) is 42.4. The molecule has 2 bridgehead atoms. The van der Waals surface area contributed by atoms with Gasteiger partial charge in [-0.3, -0.25) is 14.4 Å². The van der Waals surface area contributed by atoms with Crippen molar-refractivity contribution in [3.8, 4) is 0 Å². The van der Waals surface area contributed by atoms with Gasteiger partial charge in [0.2, 0.25) is 17.7 Å². The highest BCUT2D eigenvalue weighted by Crippen LogP contribution is 2.63. The summed E-state index contributed by atoms with van der Waals surface area (Å²) >= 11 is 0. The third-order valence-electron chi connectivity index (χ3n) is 8.00. The maximum absolute atomic E-state index is 13.8. The van der Waals surface area contributed by atoms with E-state index in [1.54, 1.807) is 4.90 Å². The van der Waals surface area contributed by atoms with Crippen LogP contribution in [0.4, 0.5) is 0 Å². The van der Waals surface area contributed by atoms with Crippen molar-refractivity contribution in [1.29, 1.82) is 0 Å². The van der Waals surface area contributed by atoms with E-state index in [-0.39, 0.29) is 24.3 Å². The molecular weight excluding hydrogens is 446 g/mol. The Balaban J connectivity index is 1.57. The lowest BCUT2D eigenvalue weighted by Gasteiger charge is -2.33. The maximum Gasteiger partial charge on any atom is 0.245 e. The van der Waals surface area contributed by atoms with Gasteiger partial charge >= 0.3 is 0 Å². The Morgan fingerprint density at radius 2 is 1.86 bits per heavy atom. The second kappa shape index (κ2) is 10.7. The van der Waals surface area contributed by atoms with Crippen molar-refractivity contribution in [2.75, 3.05) is 19.7 Å². The van der Waals surface area contributed by atoms with Gasteiger partial charge in [-0.1, -0.05) is 50.1 Å². The van der Waals surface area contributed by atoms with Crippen LogP contribution in [0.3, 0.4) is 0 Å². The number of rotatable bonds is 12. The molecule has 192 valence electrons. The average molecular weight is 486 g/mol. The maximum atomic E-state index is 13.8. The SMILES string of the molecule is CCCCCNC(=O)C1N(CCCCO)C(=O)[C@@H]2[C@@H](C(=O)NCc3ccccc3)[C@@]3(C)CCC12O3. The van der Waals surface area contributed by atoms with Gasteiger partial charge in [-0.25, -0.2) is 0 Å². The highest BCUT2D eigenvalue weighted by molar-refractivity contribution is 5.99. The number of hydrogen-bond acceptors (Lipinski definition) is 5. The van der Waals surface area contributed by atoms with Crippen LogP contribution in [0.2, 0.25) is 0 Å². The number of carbonyl (C=O) groups is 3. The highest BCUT2D eigenvalue weighted by atomic mass is 16.5. The van der Waals surface area contributed by atoms with Crippen LogP contribution < -0.4 is 10.6 Å². The number of aliphatic hydroxyl groups excluding tert-OH is 1. The van der Waals surface area contributed by atoms with E-state index in [0.717, 1.165) is 24.8 Å². The lowest BCUT2D eigenvalue weighted by molar-refractivity contribution is -0.146. The standard InChI is InChI=1S/C27H39N3O5/c1-3-4-8-15-28-24(33)22-27-14-13-26(2,35-27)20(21(27)25(34)30(22)16-9-10-17-31)23(32)29-18-19-11-6-5-7-12-19/h5-7,11-12,20-22,31H,3-4,8-10,13-18H2,1-2H3,(H,28,33)(H,29,32)/t20-,21-,22?,26+,27?/m0/s1. The summed E-state index contributed by atoms with van der Waals surface area (Å²) in [6.07, 6.45) is 5.30. The van der Waals surface area contributed by atoms with E-state index < -0.39 is 29.1 Å². The second-order valence-corrected chi connectivity index (χ2v) is 10.4. The van der Waals surface area contributed by atoms with Crippen LogP contribution in [0.1, 0.15) is 64.4 Å². The fraction of sp³-hybridized carbons (Fsp3) is 0.667. The molecule has 2 unspecified atom stereocenters. The van der Waals surface area contributed by atoms with Crippen LogP contribution in [0.15, 0.2) is 30.3 Å². The molecule has 3 fully saturated rings. The summed E-state index contributed by atoms with van der Waals surface area (Å²) < 4.78 is 6.59. The number of nitrogens with zero attached hydrogens (tertiary/aromatic N) is 1. The molecule has 0 radical (unpaired) electrons. The number of fused-ring (bicyclic) bond motifs is 1. The van der Waals surface area contributed by atoms with Gasteiger partial charge in [0.05, 0.1) is 17.4 Å². The summed E-state index contributed by atoms with van der Waals surface area (Å²) in [6.45, 7) is 5.35. The number of hydrogen-bond donors (Lipinski definition) is 3. The molecule has 0 aromatic heterocycles. The van der Waals surface area contributed by atoms with E-state index in [2.05, 4.69) is 17.6 Å². The van der Waals surface area contributed by atoms with Crippen LogP contribution in [0.5, 0.6) is 0 Å². The van der Waals surface area contributed by atoms with E-state index in [4.69, 9.17) is 4.74 Å². The lowest BCUT2D eigenvalue weighted by Crippen LogP contribution is -2.55. The minimum Gasteiger partial charge on any atom is -0.396 e. The highest BCUT2D eigenvalue weighted by Gasteiger charge is 2.77. The normalized spacial score (nSPS) is 31.0. The molecule has 3 aliphatic rings. The molecule has 8 heteroatoms. The van der Waals surface area contributed by atoms with Crippen molar-refractivity contribution in [2.45, 2.75) is 82.6 Å². The zero-order chi connectivity index (χ0) is 25.1. The summed E-state index contributed by atoms with van der Waals surface area (Å²) in [6, 6.07) is 8.91. The molecule has 0 aliphatic carbocycles. The van der Waals surface area contributed by atoms with E-state index in [1.807, 2.05) is 37.3 Å². The number of aliphatic hydroxyl groups is 1. The van der Waals surface area contributed by atoms with E-state index in [0.29, 0.717) is 45.3 Å². The Kier molecular flexibility index (Phi) is 7.81. The molecule has 3 heterocycles. The molecule has 35 heavy (non-hydrogen) atoms. The lowest BCUT2D eigenvalue weighted by atomic mass is 9.66. The van der Waals surface area contributed by atoms with Gasteiger partial charge in [-0.2, -0.15) is 0 Å². The van der Waals surface area contributed by atoms with Crippen LogP contribution in [0.25, 0.3) is 0 Å². The summed E-state index contributed by atoms with van der Waals surface area (Å²) in [5, 5.41) is 15.3. The second-order valence-electron chi connectivity index (χ2n) is 10.4. The molecule has 4 rings (SSSR count). The van der Waals surface area contributed by atoms with E-state index >= 15 is 0 Å². The average Bonchev–Trinajstić information content (AvgIpc) is 3.42. The first-order valence-electron chi connectivity index (χ1n) is 13.1. The van der Waals surface area contributed by atoms with E-state index in [1.165, 1.54) is 0 Å². The zero-order valence-corrected chi connectivity index (χ0v) is 20.9. The summed E-state index contributed by atoms with van der Waals surface area (Å²) in [5.41, 5.74) is -0.786. The number of ether oxygens (including phenoxy) is 1. The summed E-state index contributed by atoms with van der Waals surface area (Å²) in [7, 11) is 0. The minimum absolute atomic E-state index is 0.0313. The minimum atomic E-state index is -0.991. The molecule has 1 aromatic carbocycles. The molecule has 1 aromatic rings. The Bertz CT molecular complexity index is 925. The summed E-state index contributed by atoms with van der Waals surface area (Å²) in [5.74, 6) is -1.91. The van der Waals surface area contributed by atoms with E-state index in [9.17, 15) is 19.5 Å². The third-order valence-corrected chi connectivity index (χ3v) is 8.00. The Morgan fingerprint density at radius 3 is 2.57 bits per heavy atom. The first-order valence-corrected chi connectivity index (χ1v) is 13.1. The monoisotopic (exact) mass is 485 g/mol. The number of benzene rings is 1. The predicted octanol–water partition coefficient (Wildman–Crippen LogP) is 2.15. The van der Waals surface area contributed by atoms with Crippen molar-refractivity contribution in [1.82, 2.24) is 15.5 Å². The van der Waals surface area contributed by atoms with Crippen LogP contribution in [-0.2, 0) is 25.7 Å². The molecule has 5 atom stereocenters. The molecule has 1 spiro atoms. The van der Waals surface area contributed by atoms with Gasteiger partial charge in [-0.05, 0) is 44.6 Å². The van der Waals surface area contributed by atoms with Crippen molar-refractivity contribution in [3.63, 3.8) is 0 Å². The zero-order valence-electron chi connectivity index (χ0n) is 20.9. The first kappa shape index (κ1) is 25.6.